The Balaban J connectivity index is 1.59. The fraction of sp³-hybridized carbons (Fsp3) is 0.348. The van der Waals surface area contributed by atoms with Crippen LogP contribution in [-0.2, 0) is 7.05 Å². The summed E-state index contributed by atoms with van der Waals surface area (Å²) in [5.74, 6) is 0.238. The number of anilines is 2. The van der Waals surface area contributed by atoms with E-state index in [1.54, 1.807) is 37.0 Å². The number of β-amino-alcohol motifs (C(OH)–C–C–N with tert-alkyl or cyclic N) is 1. The Morgan fingerprint density at radius 2 is 1.81 bits per heavy atom. The number of aliphatic hydroxyl groups excluding tert-OH is 1. The lowest BCUT2D eigenvalue weighted by molar-refractivity contribution is 0.102. The number of benzene rings is 1. The van der Waals surface area contributed by atoms with Gasteiger partial charge in [0.05, 0.1) is 23.6 Å². The van der Waals surface area contributed by atoms with Crippen LogP contribution >= 0.6 is 0 Å². The second-order valence-corrected chi connectivity index (χ2v) is 7.82. The minimum atomic E-state index is -0.364. The van der Waals surface area contributed by atoms with Gasteiger partial charge in [-0.3, -0.25) is 19.2 Å². The van der Waals surface area contributed by atoms with E-state index in [2.05, 4.69) is 20.1 Å². The van der Waals surface area contributed by atoms with Crippen molar-refractivity contribution in [1.82, 2.24) is 19.2 Å². The first-order valence-corrected chi connectivity index (χ1v) is 10.7. The van der Waals surface area contributed by atoms with Crippen molar-refractivity contribution in [2.75, 3.05) is 49.5 Å². The molecule has 2 N–H and O–H groups in total. The molecule has 9 heteroatoms. The van der Waals surface area contributed by atoms with Crippen molar-refractivity contribution in [2.45, 2.75) is 6.92 Å². The zero-order valence-corrected chi connectivity index (χ0v) is 18.4. The molecule has 1 aliphatic rings. The topological polar surface area (TPSA) is 95.6 Å². The first-order chi connectivity index (χ1) is 15.5. The average molecular weight is 437 g/mol. The molecule has 3 aromatic rings. The standard InChI is InChI=1S/C23H28N6O3/c1-17-20(23(32)29(26(17)2)18-7-4-3-5-8-18)25-22(31)19-9-6-10-24-21(19)28-13-11-27(12-14-28)15-16-30/h3-10,30H,11-16H2,1-2H3,(H,25,31). The Morgan fingerprint density at radius 3 is 2.50 bits per heavy atom. The number of carbonyl (C=O) groups is 1. The van der Waals surface area contributed by atoms with Crippen molar-refractivity contribution in [3.63, 3.8) is 0 Å². The summed E-state index contributed by atoms with van der Waals surface area (Å²) < 4.78 is 3.27. The zero-order valence-electron chi connectivity index (χ0n) is 18.4. The number of hydrogen-bond donors (Lipinski definition) is 2. The van der Waals surface area contributed by atoms with Gasteiger partial charge in [0.1, 0.15) is 11.5 Å². The Bertz CT molecular complexity index is 1150. The summed E-state index contributed by atoms with van der Waals surface area (Å²) >= 11 is 0. The minimum Gasteiger partial charge on any atom is -0.395 e. The van der Waals surface area contributed by atoms with E-state index in [0.29, 0.717) is 36.7 Å². The Kier molecular flexibility index (Phi) is 6.38. The van der Waals surface area contributed by atoms with Gasteiger partial charge in [-0.25, -0.2) is 9.67 Å². The summed E-state index contributed by atoms with van der Waals surface area (Å²) in [5.41, 5.74) is 1.79. The lowest BCUT2D eigenvalue weighted by Crippen LogP contribution is -2.48. The molecular weight excluding hydrogens is 408 g/mol. The van der Waals surface area contributed by atoms with Gasteiger partial charge >= 0.3 is 0 Å². The number of nitrogens with one attached hydrogen (secondary N) is 1. The highest BCUT2D eigenvalue weighted by atomic mass is 16.3. The number of hydrogen-bond acceptors (Lipinski definition) is 6. The second kappa shape index (κ2) is 9.37. The number of nitrogens with zero attached hydrogens (tertiary/aromatic N) is 5. The molecule has 1 aliphatic heterocycles. The first kappa shape index (κ1) is 21.8. The van der Waals surface area contributed by atoms with Crippen molar-refractivity contribution >= 4 is 17.4 Å². The molecule has 0 atom stereocenters. The molecular formula is C23H28N6O3. The van der Waals surface area contributed by atoms with Gasteiger partial charge in [0, 0.05) is 46.0 Å². The number of amides is 1. The van der Waals surface area contributed by atoms with Gasteiger partial charge in [-0.05, 0) is 31.2 Å². The normalized spacial score (nSPS) is 14.5. The molecule has 0 spiro atoms. The van der Waals surface area contributed by atoms with Crippen LogP contribution in [0.25, 0.3) is 5.69 Å². The number of pyridine rings is 1. The highest BCUT2D eigenvalue weighted by Crippen LogP contribution is 2.21. The highest BCUT2D eigenvalue weighted by Gasteiger charge is 2.24. The fourth-order valence-electron chi connectivity index (χ4n) is 4.04. The lowest BCUT2D eigenvalue weighted by atomic mass is 10.2. The predicted molar refractivity (Wildman–Crippen MR) is 124 cm³/mol. The maximum absolute atomic E-state index is 13.2. The molecule has 1 fully saturated rings. The number of aromatic nitrogens is 3. The lowest BCUT2D eigenvalue weighted by Gasteiger charge is -2.35. The van der Waals surface area contributed by atoms with Crippen LogP contribution in [0, 0.1) is 6.92 Å². The molecule has 0 saturated carbocycles. The molecule has 3 heterocycles. The van der Waals surface area contributed by atoms with Crippen LogP contribution in [0.2, 0.25) is 0 Å². The average Bonchev–Trinajstić information content (AvgIpc) is 3.03. The molecule has 0 bridgehead atoms. The minimum absolute atomic E-state index is 0.133. The molecule has 32 heavy (non-hydrogen) atoms. The van der Waals surface area contributed by atoms with E-state index < -0.39 is 0 Å². The summed E-state index contributed by atoms with van der Waals surface area (Å²) in [6.07, 6.45) is 1.67. The fourth-order valence-corrected chi connectivity index (χ4v) is 4.04. The maximum atomic E-state index is 13.2. The largest absolute Gasteiger partial charge is 0.395 e. The van der Waals surface area contributed by atoms with Crippen LogP contribution in [-0.4, -0.2) is 69.6 Å². The Labute approximate surface area is 186 Å². The molecule has 1 saturated heterocycles. The number of piperazine rings is 1. The van der Waals surface area contributed by atoms with E-state index in [0.717, 1.165) is 18.8 Å². The predicted octanol–water partition coefficient (Wildman–Crippen LogP) is 1.25. The molecule has 1 aromatic carbocycles. The van der Waals surface area contributed by atoms with Gasteiger partial charge in [0.25, 0.3) is 11.5 Å². The quantitative estimate of drug-likeness (QED) is 0.604. The van der Waals surface area contributed by atoms with Crippen molar-refractivity contribution < 1.29 is 9.90 Å². The van der Waals surface area contributed by atoms with Crippen LogP contribution in [0.5, 0.6) is 0 Å². The summed E-state index contributed by atoms with van der Waals surface area (Å²) in [4.78, 5) is 35.1. The summed E-state index contributed by atoms with van der Waals surface area (Å²) in [7, 11) is 1.79. The molecule has 4 rings (SSSR count). The van der Waals surface area contributed by atoms with E-state index in [9.17, 15) is 9.59 Å². The Morgan fingerprint density at radius 1 is 1.09 bits per heavy atom. The molecule has 2 aromatic heterocycles. The third-order valence-electron chi connectivity index (χ3n) is 5.91. The van der Waals surface area contributed by atoms with Crippen LogP contribution in [0.4, 0.5) is 11.5 Å². The second-order valence-electron chi connectivity index (χ2n) is 7.82. The van der Waals surface area contributed by atoms with Crippen molar-refractivity contribution in [3.05, 3.63) is 70.3 Å². The molecule has 9 nitrogen and oxygen atoms in total. The van der Waals surface area contributed by atoms with Crippen molar-refractivity contribution in [3.8, 4) is 5.69 Å². The van der Waals surface area contributed by atoms with Gasteiger partial charge in [-0.2, -0.15) is 0 Å². The Hall–Kier alpha value is -3.43. The van der Waals surface area contributed by atoms with Crippen LogP contribution < -0.4 is 15.8 Å². The van der Waals surface area contributed by atoms with Crippen LogP contribution in [0.3, 0.4) is 0 Å². The van der Waals surface area contributed by atoms with Crippen molar-refractivity contribution in [1.29, 1.82) is 0 Å². The number of aliphatic hydroxyl groups is 1. The van der Waals surface area contributed by atoms with E-state index in [1.165, 1.54) is 4.68 Å². The number of carbonyl (C=O) groups excluding carboxylic acids is 1. The van der Waals surface area contributed by atoms with E-state index in [4.69, 9.17) is 5.11 Å². The maximum Gasteiger partial charge on any atom is 0.295 e. The van der Waals surface area contributed by atoms with Crippen molar-refractivity contribution in [2.24, 2.45) is 7.05 Å². The number of para-hydroxylation sites is 1. The van der Waals surface area contributed by atoms with E-state index in [1.807, 2.05) is 30.3 Å². The number of rotatable bonds is 6. The molecule has 0 unspecified atom stereocenters. The molecule has 1 amide bonds. The summed E-state index contributed by atoms with van der Waals surface area (Å²) in [6.45, 7) is 5.58. The highest BCUT2D eigenvalue weighted by molar-refractivity contribution is 6.07. The smallest absolute Gasteiger partial charge is 0.295 e. The third kappa shape index (κ3) is 4.17. The van der Waals surface area contributed by atoms with Gasteiger partial charge in [0.2, 0.25) is 0 Å². The molecule has 0 radical (unpaired) electrons. The first-order valence-electron chi connectivity index (χ1n) is 10.7. The summed E-state index contributed by atoms with van der Waals surface area (Å²) in [6, 6.07) is 12.8. The van der Waals surface area contributed by atoms with Gasteiger partial charge in [0.15, 0.2) is 0 Å². The SMILES string of the molecule is Cc1c(NC(=O)c2cccnc2N2CCN(CCO)CC2)c(=O)n(-c2ccccc2)n1C. The van der Waals surface area contributed by atoms with Gasteiger partial charge in [-0.15, -0.1) is 0 Å². The van der Waals surface area contributed by atoms with E-state index in [-0.39, 0.29) is 23.8 Å². The zero-order chi connectivity index (χ0) is 22.7. The van der Waals surface area contributed by atoms with Crippen LogP contribution in [0.1, 0.15) is 16.1 Å². The van der Waals surface area contributed by atoms with E-state index >= 15 is 0 Å². The van der Waals surface area contributed by atoms with Crippen LogP contribution in [0.15, 0.2) is 53.5 Å². The molecule has 0 aliphatic carbocycles. The molecule has 168 valence electrons. The third-order valence-corrected chi connectivity index (χ3v) is 5.91. The van der Waals surface area contributed by atoms with Gasteiger partial charge < -0.3 is 15.3 Å². The van der Waals surface area contributed by atoms with Gasteiger partial charge in [-0.1, -0.05) is 18.2 Å². The summed E-state index contributed by atoms with van der Waals surface area (Å²) in [5, 5.41) is 12.0. The monoisotopic (exact) mass is 436 g/mol.